The van der Waals surface area contributed by atoms with Crippen molar-refractivity contribution >= 4 is 40.5 Å². The quantitative estimate of drug-likeness (QED) is 0.377. The zero-order chi connectivity index (χ0) is 18.8. The molecule has 0 saturated carbocycles. The van der Waals surface area contributed by atoms with Gasteiger partial charge in [-0.25, -0.2) is 5.48 Å². The van der Waals surface area contributed by atoms with Crippen molar-refractivity contribution in [2.24, 2.45) is 0 Å². The SMILES string of the molecule is C.Cc1noc(C)c1-c1cc(Cl)c(Nc2ccccc2C(=O)NO)c(Cl)c1. The minimum Gasteiger partial charge on any atom is -0.361 e. The number of anilines is 2. The highest BCUT2D eigenvalue weighted by atomic mass is 35.5. The largest absolute Gasteiger partial charge is 0.361 e. The third-order valence-corrected chi connectivity index (χ3v) is 4.49. The van der Waals surface area contributed by atoms with Gasteiger partial charge >= 0.3 is 0 Å². The van der Waals surface area contributed by atoms with Crippen LogP contribution in [0.25, 0.3) is 11.1 Å². The maximum absolute atomic E-state index is 11.8. The average molecular weight is 408 g/mol. The van der Waals surface area contributed by atoms with Crippen molar-refractivity contribution in [2.45, 2.75) is 21.3 Å². The summed E-state index contributed by atoms with van der Waals surface area (Å²) in [6.07, 6.45) is 0. The summed E-state index contributed by atoms with van der Waals surface area (Å²) in [5, 5.41) is 16.6. The second kappa shape index (κ2) is 8.43. The van der Waals surface area contributed by atoms with Crippen LogP contribution in [0.4, 0.5) is 11.4 Å². The van der Waals surface area contributed by atoms with Gasteiger partial charge in [-0.2, -0.15) is 0 Å². The van der Waals surface area contributed by atoms with Crippen LogP contribution in [-0.4, -0.2) is 16.3 Å². The minimum absolute atomic E-state index is 0. The van der Waals surface area contributed by atoms with Crippen LogP contribution in [0.5, 0.6) is 0 Å². The fourth-order valence-corrected chi connectivity index (χ4v) is 3.30. The van der Waals surface area contributed by atoms with Gasteiger partial charge in [0.1, 0.15) is 5.76 Å². The summed E-state index contributed by atoms with van der Waals surface area (Å²) in [5.41, 5.74) is 5.11. The molecule has 1 aromatic heterocycles. The highest BCUT2D eigenvalue weighted by molar-refractivity contribution is 6.39. The van der Waals surface area contributed by atoms with Crippen LogP contribution in [0, 0.1) is 13.8 Å². The van der Waals surface area contributed by atoms with E-state index in [0.29, 0.717) is 27.2 Å². The first kappa shape index (κ1) is 20.8. The molecule has 0 unspecified atom stereocenters. The number of rotatable bonds is 4. The van der Waals surface area contributed by atoms with E-state index < -0.39 is 5.91 Å². The smallest absolute Gasteiger partial charge is 0.276 e. The summed E-state index contributed by atoms with van der Waals surface area (Å²) in [6.45, 7) is 3.65. The van der Waals surface area contributed by atoms with Gasteiger partial charge in [0.15, 0.2) is 0 Å². The van der Waals surface area contributed by atoms with Crippen LogP contribution < -0.4 is 10.8 Å². The second-order valence-electron chi connectivity index (χ2n) is 5.63. The van der Waals surface area contributed by atoms with Gasteiger partial charge in [-0.3, -0.25) is 10.0 Å². The van der Waals surface area contributed by atoms with E-state index in [0.717, 1.165) is 16.8 Å². The van der Waals surface area contributed by atoms with Gasteiger partial charge in [-0.05, 0) is 43.7 Å². The van der Waals surface area contributed by atoms with Crippen molar-refractivity contribution in [3.63, 3.8) is 0 Å². The Bertz CT molecular complexity index is 944. The first-order chi connectivity index (χ1) is 12.4. The van der Waals surface area contributed by atoms with Gasteiger partial charge in [-0.15, -0.1) is 0 Å². The van der Waals surface area contributed by atoms with Crippen LogP contribution in [0.1, 0.15) is 29.2 Å². The van der Waals surface area contributed by atoms with E-state index in [1.54, 1.807) is 41.9 Å². The molecule has 0 fully saturated rings. The van der Waals surface area contributed by atoms with E-state index >= 15 is 0 Å². The number of aryl methyl sites for hydroxylation is 2. The summed E-state index contributed by atoms with van der Waals surface area (Å²) in [4.78, 5) is 11.8. The van der Waals surface area contributed by atoms with E-state index in [4.69, 9.17) is 32.9 Å². The summed E-state index contributed by atoms with van der Waals surface area (Å²) in [6, 6.07) is 10.2. The van der Waals surface area contributed by atoms with Crippen molar-refractivity contribution in [3.8, 4) is 11.1 Å². The summed E-state index contributed by atoms with van der Waals surface area (Å²) < 4.78 is 5.19. The monoisotopic (exact) mass is 407 g/mol. The Morgan fingerprint density at radius 3 is 2.33 bits per heavy atom. The Hall–Kier alpha value is -2.54. The van der Waals surface area contributed by atoms with Crippen LogP contribution in [0.3, 0.4) is 0 Å². The molecular formula is C19H19Cl2N3O3. The zero-order valence-corrected chi connectivity index (χ0v) is 15.4. The van der Waals surface area contributed by atoms with Gasteiger partial charge in [-0.1, -0.05) is 47.9 Å². The summed E-state index contributed by atoms with van der Waals surface area (Å²) >= 11 is 12.8. The predicted octanol–water partition coefficient (Wildman–Crippen LogP) is 5.76. The molecule has 0 bridgehead atoms. The number of nitrogens with one attached hydrogen (secondary N) is 2. The van der Waals surface area contributed by atoms with E-state index in [9.17, 15) is 4.79 Å². The first-order valence-corrected chi connectivity index (χ1v) is 8.40. The number of aromatic nitrogens is 1. The van der Waals surface area contributed by atoms with Crippen molar-refractivity contribution < 1.29 is 14.5 Å². The maximum Gasteiger partial charge on any atom is 0.276 e. The highest BCUT2D eigenvalue weighted by Crippen LogP contribution is 2.39. The van der Waals surface area contributed by atoms with Gasteiger partial charge in [0.2, 0.25) is 0 Å². The second-order valence-corrected chi connectivity index (χ2v) is 6.44. The van der Waals surface area contributed by atoms with Crippen LogP contribution in [0.2, 0.25) is 10.0 Å². The van der Waals surface area contributed by atoms with E-state index in [2.05, 4.69) is 10.5 Å². The molecule has 3 rings (SSSR count). The number of carbonyl (C=O) groups excluding carboxylic acids is 1. The van der Waals surface area contributed by atoms with E-state index in [1.165, 1.54) is 0 Å². The lowest BCUT2D eigenvalue weighted by Gasteiger charge is -2.15. The van der Waals surface area contributed by atoms with E-state index in [1.807, 2.05) is 13.8 Å². The molecule has 0 saturated heterocycles. The third kappa shape index (κ3) is 4.08. The molecule has 0 aliphatic heterocycles. The number of para-hydroxylation sites is 1. The van der Waals surface area contributed by atoms with Crippen molar-refractivity contribution in [2.75, 3.05) is 5.32 Å². The molecule has 1 heterocycles. The van der Waals surface area contributed by atoms with Crippen molar-refractivity contribution in [3.05, 3.63) is 63.5 Å². The molecule has 0 atom stereocenters. The lowest BCUT2D eigenvalue weighted by atomic mass is 10.0. The molecule has 2 aromatic carbocycles. The summed E-state index contributed by atoms with van der Waals surface area (Å²) in [5.74, 6) is 0.0213. The highest BCUT2D eigenvalue weighted by Gasteiger charge is 2.17. The van der Waals surface area contributed by atoms with Gasteiger partial charge in [0.25, 0.3) is 5.91 Å². The Balaban J connectivity index is 0.00000261. The Kier molecular flexibility index (Phi) is 6.49. The van der Waals surface area contributed by atoms with E-state index in [-0.39, 0.29) is 13.0 Å². The fraction of sp³-hybridized carbons (Fsp3) is 0.158. The van der Waals surface area contributed by atoms with Crippen molar-refractivity contribution in [1.29, 1.82) is 0 Å². The van der Waals surface area contributed by atoms with Crippen LogP contribution in [0.15, 0.2) is 40.9 Å². The molecule has 3 aromatic rings. The number of benzene rings is 2. The number of hydrogen-bond acceptors (Lipinski definition) is 5. The predicted molar refractivity (Wildman–Crippen MR) is 107 cm³/mol. The molecule has 142 valence electrons. The molecular weight excluding hydrogens is 389 g/mol. The Morgan fingerprint density at radius 2 is 1.78 bits per heavy atom. The molecule has 3 N–H and O–H groups in total. The molecule has 0 spiro atoms. The number of halogens is 2. The lowest BCUT2D eigenvalue weighted by Crippen LogP contribution is -2.19. The first-order valence-electron chi connectivity index (χ1n) is 7.65. The topological polar surface area (TPSA) is 87.4 Å². The van der Waals surface area contributed by atoms with Gasteiger partial charge < -0.3 is 9.84 Å². The molecule has 0 radical (unpaired) electrons. The summed E-state index contributed by atoms with van der Waals surface area (Å²) in [7, 11) is 0. The number of nitrogens with zero attached hydrogens (tertiary/aromatic N) is 1. The standard InChI is InChI=1S/C18H15Cl2N3O3.CH4/c1-9-16(10(2)26-23-9)11-7-13(19)17(14(20)8-11)21-15-6-4-3-5-12(15)18(24)22-25;/h3-8,21,25H,1-2H3,(H,22,24);1H4. The number of hydroxylamine groups is 1. The Labute approximate surface area is 167 Å². The van der Waals surface area contributed by atoms with Crippen LogP contribution >= 0.6 is 23.2 Å². The maximum atomic E-state index is 11.8. The molecule has 6 nitrogen and oxygen atoms in total. The van der Waals surface area contributed by atoms with Gasteiger partial charge in [0, 0.05) is 5.56 Å². The van der Waals surface area contributed by atoms with Gasteiger partial charge in [0.05, 0.1) is 32.7 Å². The fourth-order valence-electron chi connectivity index (χ4n) is 2.72. The average Bonchev–Trinajstić information content (AvgIpc) is 2.96. The minimum atomic E-state index is -0.646. The number of carbonyl (C=O) groups is 1. The molecule has 8 heteroatoms. The molecule has 0 aliphatic rings. The zero-order valence-electron chi connectivity index (χ0n) is 13.9. The molecule has 0 aliphatic carbocycles. The normalized spacial score (nSPS) is 10.3. The Morgan fingerprint density at radius 1 is 1.15 bits per heavy atom. The number of amides is 1. The third-order valence-electron chi connectivity index (χ3n) is 3.90. The molecule has 27 heavy (non-hydrogen) atoms. The lowest BCUT2D eigenvalue weighted by molar-refractivity contribution is 0.0707. The van der Waals surface area contributed by atoms with Crippen molar-refractivity contribution in [1.82, 2.24) is 10.6 Å². The number of hydrogen-bond donors (Lipinski definition) is 3. The van der Waals surface area contributed by atoms with Crippen LogP contribution in [-0.2, 0) is 0 Å². The molecule has 1 amide bonds.